The zero-order valence-electron chi connectivity index (χ0n) is 7.02. The van der Waals surface area contributed by atoms with Crippen molar-refractivity contribution in [2.45, 2.75) is 4.21 Å². The molecule has 0 amide bonds. The van der Waals surface area contributed by atoms with Gasteiger partial charge in [-0.1, -0.05) is 0 Å². The van der Waals surface area contributed by atoms with Gasteiger partial charge in [0.1, 0.15) is 12.4 Å². The highest BCUT2D eigenvalue weighted by Crippen LogP contribution is 2.31. The number of carbonyl (C=O) groups is 1. The minimum absolute atomic E-state index is 0.528. The van der Waals surface area contributed by atoms with Crippen molar-refractivity contribution in [3.63, 3.8) is 0 Å². The maximum atomic E-state index is 10.6. The van der Waals surface area contributed by atoms with E-state index in [2.05, 4.69) is 18.7 Å². The molecule has 14 heavy (non-hydrogen) atoms. The van der Waals surface area contributed by atoms with Gasteiger partial charge in [-0.05, 0) is 23.6 Å². The van der Waals surface area contributed by atoms with Crippen LogP contribution in [0.4, 0.5) is 0 Å². The number of rotatable bonds is 1. The van der Waals surface area contributed by atoms with Crippen LogP contribution in [0.5, 0.6) is 0 Å². The molecule has 0 saturated heterocycles. The van der Waals surface area contributed by atoms with Gasteiger partial charge in [0.2, 0.25) is 0 Å². The number of carbonyl (C=O) groups excluding carboxylic acids is 1. The molecule has 1 aromatic heterocycles. The van der Waals surface area contributed by atoms with Crippen molar-refractivity contribution in [1.82, 2.24) is 0 Å². The minimum Gasteiger partial charge on any atom is -0.298 e. The Morgan fingerprint density at radius 1 is 1.43 bits per heavy atom. The van der Waals surface area contributed by atoms with Crippen LogP contribution >= 0.6 is 24.0 Å². The molecule has 0 aliphatic heterocycles. The van der Waals surface area contributed by atoms with Gasteiger partial charge >= 0.3 is 0 Å². The van der Waals surface area contributed by atoms with Crippen molar-refractivity contribution in [3.05, 3.63) is 29.3 Å². The number of benzene rings is 1. The number of thiol groups is 1. The first kappa shape index (κ1) is 9.25. The summed E-state index contributed by atoms with van der Waals surface area (Å²) in [5.41, 5.74) is 1.06. The summed E-state index contributed by atoms with van der Waals surface area (Å²) >= 11 is 5.66. The van der Waals surface area contributed by atoms with E-state index in [1.165, 1.54) is 11.3 Å². The van der Waals surface area contributed by atoms with Crippen LogP contribution in [0.1, 0.15) is 15.9 Å². The monoisotopic (exact) mass is 219 g/mol. The maximum Gasteiger partial charge on any atom is 0.150 e. The quantitative estimate of drug-likeness (QED) is 0.592. The lowest BCUT2D eigenvalue weighted by Crippen LogP contribution is -1.82. The van der Waals surface area contributed by atoms with E-state index in [0.29, 0.717) is 11.1 Å². The van der Waals surface area contributed by atoms with Gasteiger partial charge in [0, 0.05) is 5.56 Å². The number of hydrogen-bond acceptors (Lipinski definition) is 4. The summed E-state index contributed by atoms with van der Waals surface area (Å²) in [6, 6.07) is 7.29. The van der Waals surface area contributed by atoms with E-state index in [1.54, 1.807) is 12.1 Å². The fourth-order valence-electron chi connectivity index (χ4n) is 1.31. The normalized spacial score (nSPS) is 10.0. The summed E-state index contributed by atoms with van der Waals surface area (Å²) in [6.45, 7) is 0. The van der Waals surface area contributed by atoms with Gasteiger partial charge in [0.05, 0.1) is 14.5 Å². The molecule has 0 spiro atoms. The van der Waals surface area contributed by atoms with E-state index < -0.39 is 0 Å². The molecule has 68 valence electrons. The number of aldehydes is 1. The molecule has 0 N–H and O–H groups in total. The second-order valence-electron chi connectivity index (χ2n) is 2.80. The molecule has 0 bridgehead atoms. The van der Waals surface area contributed by atoms with Crippen molar-refractivity contribution < 1.29 is 4.79 Å². The van der Waals surface area contributed by atoms with E-state index in [1.807, 2.05) is 6.07 Å². The van der Waals surface area contributed by atoms with Gasteiger partial charge in [-0.15, -0.1) is 24.0 Å². The summed E-state index contributed by atoms with van der Waals surface area (Å²) in [5, 5.41) is 9.78. The third-order valence-electron chi connectivity index (χ3n) is 1.88. The predicted octanol–water partition coefficient (Wildman–Crippen LogP) is 2.87. The Bertz CT molecular complexity index is 551. The molecule has 0 saturated carbocycles. The second-order valence-corrected chi connectivity index (χ2v) is 4.64. The molecule has 0 atom stereocenters. The van der Waals surface area contributed by atoms with Crippen LogP contribution in [0.15, 0.2) is 22.4 Å². The van der Waals surface area contributed by atoms with E-state index in [-0.39, 0.29) is 0 Å². The zero-order chi connectivity index (χ0) is 10.1. The third-order valence-corrected chi connectivity index (χ3v) is 3.27. The van der Waals surface area contributed by atoms with Crippen LogP contribution in [0.2, 0.25) is 0 Å². The number of fused-ring (bicyclic) bond motifs is 1. The Hall–Kier alpha value is -1.31. The average molecular weight is 219 g/mol. The van der Waals surface area contributed by atoms with Crippen LogP contribution in [0.25, 0.3) is 10.1 Å². The Balaban J connectivity index is 2.87. The first-order valence-electron chi connectivity index (χ1n) is 3.86. The summed E-state index contributed by atoms with van der Waals surface area (Å²) in [7, 11) is 0. The standard InChI is InChI=1S/C10H5NOS2/c11-4-8-2-6(5-12)1-7-3-9(13)14-10(7)8/h1-3,5,13H. The first-order chi connectivity index (χ1) is 6.74. The Labute approximate surface area is 90.2 Å². The van der Waals surface area contributed by atoms with Gasteiger partial charge < -0.3 is 0 Å². The lowest BCUT2D eigenvalue weighted by Gasteiger charge is -1.94. The van der Waals surface area contributed by atoms with Crippen molar-refractivity contribution >= 4 is 40.3 Å². The van der Waals surface area contributed by atoms with Gasteiger partial charge in [-0.2, -0.15) is 5.26 Å². The topological polar surface area (TPSA) is 40.9 Å². The number of hydrogen-bond donors (Lipinski definition) is 1. The number of thiophene rings is 1. The molecule has 4 heteroatoms. The van der Waals surface area contributed by atoms with Crippen LogP contribution in [-0.4, -0.2) is 6.29 Å². The first-order valence-corrected chi connectivity index (χ1v) is 5.13. The SMILES string of the molecule is N#Cc1cc(C=O)cc2cc(S)sc12. The molecule has 1 heterocycles. The molecular formula is C10H5NOS2. The van der Waals surface area contributed by atoms with Crippen LogP contribution < -0.4 is 0 Å². The summed E-state index contributed by atoms with van der Waals surface area (Å²) < 4.78 is 1.74. The molecule has 0 fully saturated rings. The molecule has 2 nitrogen and oxygen atoms in total. The molecular weight excluding hydrogens is 214 g/mol. The van der Waals surface area contributed by atoms with Crippen LogP contribution in [0, 0.1) is 11.3 Å². The van der Waals surface area contributed by atoms with Crippen molar-refractivity contribution in [1.29, 1.82) is 5.26 Å². The van der Waals surface area contributed by atoms with Crippen LogP contribution in [0.3, 0.4) is 0 Å². The highest BCUT2D eigenvalue weighted by atomic mass is 32.2. The highest BCUT2D eigenvalue weighted by molar-refractivity contribution is 7.83. The van der Waals surface area contributed by atoms with E-state index in [4.69, 9.17) is 5.26 Å². The molecule has 2 rings (SSSR count). The van der Waals surface area contributed by atoms with Gasteiger partial charge in [-0.3, -0.25) is 4.79 Å². The van der Waals surface area contributed by atoms with Crippen molar-refractivity contribution in [2.24, 2.45) is 0 Å². The Morgan fingerprint density at radius 2 is 2.21 bits per heavy atom. The van der Waals surface area contributed by atoms with Gasteiger partial charge in [0.15, 0.2) is 0 Å². The molecule has 0 aliphatic carbocycles. The second kappa shape index (κ2) is 3.45. The van der Waals surface area contributed by atoms with Gasteiger partial charge in [0.25, 0.3) is 0 Å². The van der Waals surface area contributed by atoms with Gasteiger partial charge in [-0.25, -0.2) is 0 Å². The minimum atomic E-state index is 0.528. The summed E-state index contributed by atoms with van der Waals surface area (Å²) in [4.78, 5) is 10.6. The smallest absolute Gasteiger partial charge is 0.150 e. The maximum absolute atomic E-state index is 10.6. The average Bonchev–Trinajstić information content (AvgIpc) is 2.56. The molecule has 0 radical (unpaired) electrons. The fraction of sp³-hybridized carbons (Fsp3) is 0. The molecule has 0 unspecified atom stereocenters. The number of nitrogens with zero attached hydrogens (tertiary/aromatic N) is 1. The van der Waals surface area contributed by atoms with Crippen molar-refractivity contribution in [2.75, 3.05) is 0 Å². The summed E-state index contributed by atoms with van der Waals surface area (Å²) in [6.07, 6.45) is 0.746. The largest absolute Gasteiger partial charge is 0.298 e. The van der Waals surface area contributed by atoms with Crippen molar-refractivity contribution in [3.8, 4) is 6.07 Å². The Kier molecular flexibility index (Phi) is 2.28. The van der Waals surface area contributed by atoms with E-state index in [0.717, 1.165) is 20.6 Å². The lowest BCUT2D eigenvalue weighted by atomic mass is 10.1. The van der Waals surface area contributed by atoms with E-state index >= 15 is 0 Å². The highest BCUT2D eigenvalue weighted by Gasteiger charge is 2.06. The van der Waals surface area contributed by atoms with E-state index in [9.17, 15) is 4.79 Å². The number of nitriles is 1. The molecule has 2 aromatic rings. The molecule has 1 aromatic carbocycles. The third kappa shape index (κ3) is 1.41. The fourth-order valence-corrected chi connectivity index (χ4v) is 2.57. The Morgan fingerprint density at radius 3 is 2.86 bits per heavy atom. The zero-order valence-corrected chi connectivity index (χ0v) is 8.73. The van der Waals surface area contributed by atoms with Crippen LogP contribution in [-0.2, 0) is 0 Å². The lowest BCUT2D eigenvalue weighted by molar-refractivity contribution is 0.112. The molecule has 0 aliphatic rings. The predicted molar refractivity (Wildman–Crippen MR) is 59.2 cm³/mol. The summed E-state index contributed by atoms with van der Waals surface area (Å²) in [5.74, 6) is 0.